The number of piperidine rings is 1. The number of carbonyl (C=O) groups excluding carboxylic acids is 1. The molecule has 0 aliphatic carbocycles. The van der Waals surface area contributed by atoms with Gasteiger partial charge in [0.15, 0.2) is 5.16 Å². The van der Waals surface area contributed by atoms with Crippen LogP contribution in [0.3, 0.4) is 0 Å². The highest BCUT2D eigenvalue weighted by Gasteiger charge is 2.17. The van der Waals surface area contributed by atoms with Crippen LogP contribution in [-0.2, 0) is 11.3 Å². The summed E-state index contributed by atoms with van der Waals surface area (Å²) in [5.74, 6) is 0.428. The smallest absolute Gasteiger partial charge is 0.262 e. The number of hydrogen-bond donors (Lipinski definition) is 0. The van der Waals surface area contributed by atoms with Crippen molar-refractivity contribution in [1.29, 1.82) is 0 Å². The van der Waals surface area contributed by atoms with Crippen LogP contribution in [0.2, 0.25) is 0 Å². The van der Waals surface area contributed by atoms with Gasteiger partial charge in [0.2, 0.25) is 5.91 Å². The molecule has 0 unspecified atom stereocenters. The maximum absolute atomic E-state index is 13.2. The second kappa shape index (κ2) is 12.2. The van der Waals surface area contributed by atoms with Gasteiger partial charge in [-0.05, 0) is 64.4 Å². The van der Waals surface area contributed by atoms with Crippen molar-refractivity contribution in [1.82, 2.24) is 19.4 Å². The van der Waals surface area contributed by atoms with Gasteiger partial charge in [0, 0.05) is 19.6 Å². The van der Waals surface area contributed by atoms with E-state index in [9.17, 15) is 9.59 Å². The minimum absolute atomic E-state index is 0.00229. The number of para-hydroxylation sites is 1. The van der Waals surface area contributed by atoms with Crippen LogP contribution in [0.5, 0.6) is 0 Å². The fraction of sp³-hybridized carbons (Fsp3) is 0.625. The van der Waals surface area contributed by atoms with Crippen LogP contribution < -0.4 is 5.56 Å². The van der Waals surface area contributed by atoms with Crippen molar-refractivity contribution in [3.63, 3.8) is 0 Å². The van der Waals surface area contributed by atoms with Gasteiger partial charge in [-0.2, -0.15) is 0 Å². The first-order valence-electron chi connectivity index (χ1n) is 11.8. The first-order valence-corrected chi connectivity index (χ1v) is 12.7. The summed E-state index contributed by atoms with van der Waals surface area (Å²) < 4.78 is 1.78. The van der Waals surface area contributed by atoms with Gasteiger partial charge in [-0.3, -0.25) is 14.2 Å². The number of nitrogens with zero attached hydrogens (tertiary/aromatic N) is 4. The van der Waals surface area contributed by atoms with E-state index in [0.717, 1.165) is 45.4 Å². The second-order valence-electron chi connectivity index (χ2n) is 8.24. The van der Waals surface area contributed by atoms with Crippen LogP contribution in [-0.4, -0.2) is 63.7 Å². The zero-order chi connectivity index (χ0) is 22.1. The average molecular weight is 445 g/mol. The number of fused-ring (bicyclic) bond motifs is 1. The van der Waals surface area contributed by atoms with Crippen LogP contribution >= 0.6 is 11.8 Å². The minimum Gasteiger partial charge on any atom is -0.342 e. The molecule has 1 fully saturated rings. The summed E-state index contributed by atoms with van der Waals surface area (Å²) in [5.41, 5.74) is 0.700. The zero-order valence-electron chi connectivity index (χ0n) is 19.0. The van der Waals surface area contributed by atoms with Gasteiger partial charge in [0.1, 0.15) is 0 Å². The van der Waals surface area contributed by atoms with Gasteiger partial charge in [0.25, 0.3) is 5.56 Å². The Balaban J connectivity index is 1.74. The van der Waals surface area contributed by atoms with Gasteiger partial charge in [0.05, 0.1) is 16.7 Å². The molecule has 0 bridgehead atoms. The van der Waals surface area contributed by atoms with Crippen molar-refractivity contribution >= 4 is 28.6 Å². The lowest BCUT2D eigenvalue weighted by Crippen LogP contribution is -2.34. The van der Waals surface area contributed by atoms with E-state index in [-0.39, 0.29) is 11.5 Å². The topological polar surface area (TPSA) is 58.4 Å². The van der Waals surface area contributed by atoms with E-state index < -0.39 is 0 Å². The van der Waals surface area contributed by atoms with E-state index in [0.29, 0.717) is 34.9 Å². The van der Waals surface area contributed by atoms with Gasteiger partial charge < -0.3 is 9.80 Å². The third-order valence-electron chi connectivity index (χ3n) is 5.97. The molecule has 7 heteroatoms. The van der Waals surface area contributed by atoms with Gasteiger partial charge >= 0.3 is 0 Å². The lowest BCUT2D eigenvalue weighted by atomic mass is 10.1. The first kappa shape index (κ1) is 23.8. The molecular weight excluding hydrogens is 408 g/mol. The van der Waals surface area contributed by atoms with E-state index >= 15 is 0 Å². The monoisotopic (exact) mass is 444 g/mol. The molecule has 31 heavy (non-hydrogen) atoms. The van der Waals surface area contributed by atoms with Crippen molar-refractivity contribution in [2.45, 2.75) is 64.1 Å². The molecule has 1 saturated heterocycles. The molecule has 0 saturated carbocycles. The van der Waals surface area contributed by atoms with Crippen molar-refractivity contribution in [3.05, 3.63) is 34.6 Å². The van der Waals surface area contributed by atoms with Crippen molar-refractivity contribution in [2.24, 2.45) is 0 Å². The molecule has 0 spiro atoms. The number of likely N-dealkylation sites (tertiary alicyclic amines) is 1. The van der Waals surface area contributed by atoms with Gasteiger partial charge in [-0.25, -0.2) is 4.98 Å². The molecule has 6 nitrogen and oxygen atoms in total. The summed E-state index contributed by atoms with van der Waals surface area (Å²) in [6.07, 6.45) is 6.87. The zero-order valence-corrected chi connectivity index (χ0v) is 19.8. The maximum atomic E-state index is 13.2. The molecule has 3 rings (SSSR count). The number of benzene rings is 1. The summed E-state index contributed by atoms with van der Waals surface area (Å²) in [4.78, 5) is 35.1. The Kier molecular flexibility index (Phi) is 9.40. The molecule has 0 N–H and O–H groups in total. The molecule has 1 amide bonds. The number of aromatic nitrogens is 2. The van der Waals surface area contributed by atoms with Crippen LogP contribution in [0, 0.1) is 0 Å². The lowest BCUT2D eigenvalue weighted by Gasteiger charge is -2.26. The molecule has 1 aliphatic rings. The summed E-state index contributed by atoms with van der Waals surface area (Å²) in [6, 6.07) is 7.50. The molecule has 2 aromatic rings. The number of rotatable bonds is 11. The van der Waals surface area contributed by atoms with E-state index in [1.54, 1.807) is 4.57 Å². The third-order valence-corrected chi connectivity index (χ3v) is 6.93. The van der Waals surface area contributed by atoms with Crippen LogP contribution in [0.4, 0.5) is 0 Å². The van der Waals surface area contributed by atoms with E-state index in [2.05, 4.69) is 11.8 Å². The number of carbonyl (C=O) groups is 1. The molecule has 1 aromatic carbocycles. The number of unbranched alkanes of at least 4 members (excludes halogenated alkanes) is 1. The van der Waals surface area contributed by atoms with E-state index in [4.69, 9.17) is 4.98 Å². The van der Waals surface area contributed by atoms with Crippen molar-refractivity contribution in [2.75, 3.05) is 38.5 Å². The Morgan fingerprint density at radius 3 is 2.61 bits per heavy atom. The van der Waals surface area contributed by atoms with Gasteiger partial charge in [-0.15, -0.1) is 0 Å². The highest BCUT2D eigenvalue weighted by Crippen LogP contribution is 2.19. The molecule has 2 heterocycles. The number of hydrogen-bond acceptors (Lipinski definition) is 5. The highest BCUT2D eigenvalue weighted by atomic mass is 32.2. The number of amides is 1. The predicted octanol–water partition coefficient (Wildman–Crippen LogP) is 4.01. The van der Waals surface area contributed by atoms with Crippen LogP contribution in [0.15, 0.2) is 34.2 Å². The first-order chi connectivity index (χ1) is 15.1. The SMILES string of the molecule is CCCCN(CC)C(=O)CSc1nc2ccccc2c(=O)n1CCCN1CCCCC1. The summed E-state index contributed by atoms with van der Waals surface area (Å²) in [7, 11) is 0. The largest absolute Gasteiger partial charge is 0.342 e. The standard InChI is InChI=1S/C24H36N4O2S/c1-3-5-17-27(4-2)22(29)19-31-24-25-21-13-8-7-12-20(21)23(30)28(24)18-11-16-26-14-9-6-10-15-26/h7-8,12-13H,3-6,9-11,14-19H2,1-2H3. The second-order valence-corrected chi connectivity index (χ2v) is 9.18. The fourth-order valence-electron chi connectivity index (χ4n) is 4.12. The molecule has 170 valence electrons. The quantitative estimate of drug-likeness (QED) is 0.387. The Labute approximate surface area is 190 Å². The maximum Gasteiger partial charge on any atom is 0.262 e. The van der Waals surface area contributed by atoms with Crippen LogP contribution in [0.25, 0.3) is 10.9 Å². The average Bonchev–Trinajstić information content (AvgIpc) is 2.80. The third kappa shape index (κ3) is 6.56. The molecular formula is C24H36N4O2S. The molecule has 1 aliphatic heterocycles. The van der Waals surface area contributed by atoms with Gasteiger partial charge in [-0.1, -0.05) is 43.7 Å². The lowest BCUT2D eigenvalue weighted by molar-refractivity contribution is -0.128. The summed E-state index contributed by atoms with van der Waals surface area (Å²) >= 11 is 1.39. The fourth-order valence-corrected chi connectivity index (χ4v) is 5.04. The Hall–Kier alpha value is -1.86. The summed E-state index contributed by atoms with van der Waals surface area (Å²) in [6.45, 7) is 9.61. The molecule has 0 atom stereocenters. The Bertz CT molecular complexity index is 908. The minimum atomic E-state index is -0.00229. The Morgan fingerprint density at radius 1 is 1.10 bits per heavy atom. The normalized spacial score (nSPS) is 14.8. The molecule has 0 radical (unpaired) electrons. The van der Waals surface area contributed by atoms with Crippen molar-refractivity contribution < 1.29 is 4.79 Å². The highest BCUT2D eigenvalue weighted by molar-refractivity contribution is 7.99. The Morgan fingerprint density at radius 2 is 1.87 bits per heavy atom. The van der Waals surface area contributed by atoms with Crippen LogP contribution in [0.1, 0.15) is 52.4 Å². The number of thioether (sulfide) groups is 1. The molecule has 1 aromatic heterocycles. The van der Waals surface area contributed by atoms with E-state index in [1.165, 1.54) is 31.0 Å². The van der Waals surface area contributed by atoms with Crippen molar-refractivity contribution in [3.8, 4) is 0 Å². The summed E-state index contributed by atoms with van der Waals surface area (Å²) in [5, 5.41) is 1.30. The van der Waals surface area contributed by atoms with E-state index in [1.807, 2.05) is 36.1 Å². The predicted molar refractivity (Wildman–Crippen MR) is 129 cm³/mol.